The summed E-state index contributed by atoms with van der Waals surface area (Å²) in [5, 5.41) is 0. The summed E-state index contributed by atoms with van der Waals surface area (Å²) in [6, 6.07) is 0. The molecule has 0 radical (unpaired) electrons. The van der Waals surface area contributed by atoms with Gasteiger partial charge < -0.3 is 0 Å². The van der Waals surface area contributed by atoms with E-state index in [9.17, 15) is 4.79 Å². The predicted molar refractivity (Wildman–Crippen MR) is 42.8 cm³/mol. The summed E-state index contributed by atoms with van der Waals surface area (Å²) in [5.74, 6) is 1.60. The van der Waals surface area contributed by atoms with Crippen LogP contribution in [0.4, 0.5) is 0 Å². The molecule has 54 valence electrons. The minimum atomic E-state index is 0.255. The minimum absolute atomic E-state index is 0.255. The van der Waals surface area contributed by atoms with Crippen molar-refractivity contribution in [2.24, 2.45) is 5.92 Å². The predicted octanol–water partition coefficient (Wildman–Crippen LogP) is 1.96. The Morgan fingerprint density at radius 1 is 1.67 bits per heavy atom. The highest BCUT2D eigenvalue weighted by Crippen LogP contribution is 2.06. The van der Waals surface area contributed by atoms with Crippen LogP contribution in [0, 0.1) is 5.92 Å². The summed E-state index contributed by atoms with van der Waals surface area (Å²) in [5.41, 5.74) is 0. The van der Waals surface area contributed by atoms with Gasteiger partial charge in [-0.15, -0.1) is 0 Å². The molecule has 0 aromatic carbocycles. The molecule has 0 aromatic heterocycles. The lowest BCUT2D eigenvalue weighted by Gasteiger charge is -2.04. The molecule has 2 heteroatoms. The van der Waals surface area contributed by atoms with E-state index >= 15 is 0 Å². The molecule has 1 unspecified atom stereocenters. The number of carbonyl (C=O) groups is 1. The molecule has 0 aliphatic rings. The Morgan fingerprint density at radius 2 is 2.22 bits per heavy atom. The quantitative estimate of drug-likeness (QED) is 0.603. The zero-order chi connectivity index (χ0) is 7.28. The number of hydrogen-bond donors (Lipinski definition) is 0. The number of Topliss-reactive ketones (excluding diaryl/α,β-unsaturated/α-hetero) is 1. The van der Waals surface area contributed by atoms with Gasteiger partial charge in [-0.3, -0.25) is 4.79 Å². The van der Waals surface area contributed by atoms with E-state index in [1.54, 1.807) is 11.8 Å². The van der Waals surface area contributed by atoms with Crippen molar-refractivity contribution in [3.8, 4) is 0 Å². The second kappa shape index (κ2) is 4.86. The molecule has 0 spiro atoms. The topological polar surface area (TPSA) is 17.1 Å². The summed E-state index contributed by atoms with van der Waals surface area (Å²) in [7, 11) is 0. The number of rotatable bonds is 4. The molecule has 1 atom stereocenters. The van der Waals surface area contributed by atoms with Gasteiger partial charge in [-0.25, -0.2) is 0 Å². The highest BCUT2D eigenvalue weighted by molar-refractivity contribution is 7.98. The first-order valence-electron chi connectivity index (χ1n) is 3.24. The fourth-order valence-electron chi connectivity index (χ4n) is 0.691. The van der Waals surface area contributed by atoms with E-state index in [0.29, 0.717) is 12.2 Å². The highest BCUT2D eigenvalue weighted by atomic mass is 32.2. The maximum atomic E-state index is 10.9. The van der Waals surface area contributed by atoms with Crippen molar-refractivity contribution in [2.75, 3.05) is 12.0 Å². The fraction of sp³-hybridized carbons (Fsp3) is 0.857. The molecule has 0 aliphatic carbocycles. The average molecular weight is 146 g/mol. The van der Waals surface area contributed by atoms with E-state index in [0.717, 1.165) is 5.75 Å². The van der Waals surface area contributed by atoms with Gasteiger partial charge in [-0.2, -0.15) is 11.8 Å². The van der Waals surface area contributed by atoms with Crippen molar-refractivity contribution in [3.63, 3.8) is 0 Å². The molecule has 1 nitrogen and oxygen atoms in total. The molecular weight excluding hydrogens is 132 g/mol. The minimum Gasteiger partial charge on any atom is -0.299 e. The second-order valence-electron chi connectivity index (χ2n) is 2.18. The molecule has 0 amide bonds. The summed E-state index contributed by atoms with van der Waals surface area (Å²) in [6.07, 6.45) is 2.71. The Kier molecular flexibility index (Phi) is 4.87. The fourth-order valence-corrected chi connectivity index (χ4v) is 1.38. The van der Waals surface area contributed by atoms with Crippen molar-refractivity contribution in [1.29, 1.82) is 0 Å². The van der Waals surface area contributed by atoms with Crippen LogP contribution in [0.2, 0.25) is 0 Å². The van der Waals surface area contributed by atoms with Gasteiger partial charge in [0.25, 0.3) is 0 Å². The molecule has 0 saturated carbocycles. The van der Waals surface area contributed by atoms with Crippen LogP contribution < -0.4 is 0 Å². The summed E-state index contributed by atoms with van der Waals surface area (Å²) in [6.45, 7) is 3.90. The smallest absolute Gasteiger partial charge is 0.136 e. The van der Waals surface area contributed by atoms with Crippen molar-refractivity contribution < 1.29 is 4.79 Å². The van der Waals surface area contributed by atoms with Gasteiger partial charge in [0.05, 0.1) is 0 Å². The molecule has 0 N–H and O–H groups in total. The number of thioether (sulfide) groups is 1. The van der Waals surface area contributed by atoms with Crippen molar-refractivity contribution >= 4 is 17.5 Å². The molecule has 0 fully saturated rings. The monoisotopic (exact) mass is 146 g/mol. The third-order valence-electron chi connectivity index (χ3n) is 1.31. The zero-order valence-corrected chi connectivity index (χ0v) is 7.12. The van der Waals surface area contributed by atoms with Gasteiger partial charge in [-0.1, -0.05) is 13.8 Å². The molecule has 0 saturated heterocycles. The van der Waals surface area contributed by atoms with E-state index in [-0.39, 0.29) is 5.92 Å². The molecular formula is C7H14OS. The Morgan fingerprint density at radius 3 is 2.56 bits per heavy atom. The van der Waals surface area contributed by atoms with E-state index in [2.05, 4.69) is 0 Å². The molecule has 9 heavy (non-hydrogen) atoms. The second-order valence-corrected chi connectivity index (χ2v) is 3.09. The first-order chi connectivity index (χ1) is 4.22. The van der Waals surface area contributed by atoms with E-state index in [4.69, 9.17) is 0 Å². The lowest BCUT2D eigenvalue weighted by molar-refractivity contribution is -0.121. The molecule has 0 rings (SSSR count). The van der Waals surface area contributed by atoms with Crippen LogP contribution in [0.25, 0.3) is 0 Å². The normalized spacial score (nSPS) is 13.2. The molecule has 0 heterocycles. The lowest BCUT2D eigenvalue weighted by atomic mass is 10.1. The number of ketones is 1. The Labute approximate surface area is 61.2 Å². The van der Waals surface area contributed by atoms with E-state index < -0.39 is 0 Å². The number of carbonyl (C=O) groups excluding carboxylic acids is 1. The molecule has 0 aromatic rings. The first-order valence-corrected chi connectivity index (χ1v) is 4.63. The van der Waals surface area contributed by atoms with Gasteiger partial charge in [0.1, 0.15) is 5.78 Å². The summed E-state index contributed by atoms with van der Waals surface area (Å²) >= 11 is 1.73. The average Bonchev–Trinajstić information content (AvgIpc) is 1.87. The van der Waals surface area contributed by atoms with Crippen LogP contribution in [0.5, 0.6) is 0 Å². The van der Waals surface area contributed by atoms with Crippen LogP contribution in [0.15, 0.2) is 0 Å². The first kappa shape index (κ1) is 9.02. The van der Waals surface area contributed by atoms with Crippen LogP contribution in [0.3, 0.4) is 0 Å². The Hall–Kier alpha value is 0.0200. The number of hydrogen-bond acceptors (Lipinski definition) is 2. The van der Waals surface area contributed by atoms with Crippen LogP contribution in [-0.4, -0.2) is 17.8 Å². The van der Waals surface area contributed by atoms with E-state index in [1.807, 2.05) is 20.1 Å². The van der Waals surface area contributed by atoms with Gasteiger partial charge in [0, 0.05) is 18.1 Å². The maximum Gasteiger partial charge on any atom is 0.136 e. The highest BCUT2D eigenvalue weighted by Gasteiger charge is 2.08. The lowest BCUT2D eigenvalue weighted by Crippen LogP contribution is -2.11. The maximum absolute atomic E-state index is 10.9. The zero-order valence-electron chi connectivity index (χ0n) is 6.31. The van der Waals surface area contributed by atoms with Crippen LogP contribution in [-0.2, 0) is 4.79 Å². The standard InChI is InChI=1S/C7H14OS/c1-4-7(8)6(2)5-9-3/h6H,4-5H2,1-3H3. The molecule has 0 bridgehead atoms. The largest absolute Gasteiger partial charge is 0.299 e. The van der Waals surface area contributed by atoms with Gasteiger partial charge in [0.2, 0.25) is 0 Å². The van der Waals surface area contributed by atoms with Gasteiger partial charge >= 0.3 is 0 Å². The van der Waals surface area contributed by atoms with Crippen LogP contribution in [0.1, 0.15) is 20.3 Å². The third-order valence-corrected chi connectivity index (χ3v) is 2.15. The summed E-state index contributed by atoms with van der Waals surface area (Å²) < 4.78 is 0. The van der Waals surface area contributed by atoms with Crippen LogP contribution >= 0.6 is 11.8 Å². The third kappa shape index (κ3) is 3.57. The Bertz CT molecular complexity index is 90.9. The van der Waals surface area contributed by atoms with Crippen molar-refractivity contribution in [3.05, 3.63) is 0 Å². The summed E-state index contributed by atoms with van der Waals surface area (Å²) in [4.78, 5) is 10.9. The van der Waals surface area contributed by atoms with Gasteiger partial charge in [-0.05, 0) is 6.26 Å². The molecule has 0 aliphatic heterocycles. The van der Waals surface area contributed by atoms with Crippen molar-refractivity contribution in [2.45, 2.75) is 20.3 Å². The SMILES string of the molecule is CCC(=O)C(C)CSC. The van der Waals surface area contributed by atoms with E-state index in [1.165, 1.54) is 0 Å². The van der Waals surface area contributed by atoms with Crippen molar-refractivity contribution in [1.82, 2.24) is 0 Å². The van der Waals surface area contributed by atoms with Gasteiger partial charge in [0.15, 0.2) is 0 Å². The Balaban J connectivity index is 3.45.